The number of aromatic nitrogens is 3. The number of nitrogens with one attached hydrogen (secondary N) is 1. The van der Waals surface area contributed by atoms with Gasteiger partial charge in [-0.25, -0.2) is 12.8 Å². The van der Waals surface area contributed by atoms with Crippen LogP contribution in [0.1, 0.15) is 50.8 Å². The van der Waals surface area contributed by atoms with Gasteiger partial charge in [0.15, 0.2) is 0 Å². The number of methoxy groups -OCH3 is 1. The highest BCUT2D eigenvalue weighted by atomic mass is 32.2. The topological polar surface area (TPSA) is 77.0 Å². The first kappa shape index (κ1) is 25.0. The Morgan fingerprint density at radius 1 is 1.17 bits per heavy atom. The number of H-pyrrole nitrogens is 1. The monoisotopic (exact) mass is 511 g/mol. The van der Waals surface area contributed by atoms with Crippen molar-refractivity contribution in [1.82, 2.24) is 14.8 Å². The summed E-state index contributed by atoms with van der Waals surface area (Å²) in [7, 11) is -1.13. The summed E-state index contributed by atoms with van der Waals surface area (Å²) in [5.74, 6) is 0.810. The van der Waals surface area contributed by atoms with Crippen LogP contribution in [-0.2, 0) is 26.4 Å². The van der Waals surface area contributed by atoms with Crippen molar-refractivity contribution < 1.29 is 17.5 Å². The summed E-state index contributed by atoms with van der Waals surface area (Å²) in [6.45, 7) is 4.92. The fraction of sp³-hybridized carbons (Fsp3) is 0.464. The Kier molecular flexibility index (Phi) is 6.68. The fourth-order valence-electron chi connectivity index (χ4n) is 5.84. The van der Waals surface area contributed by atoms with E-state index in [-0.39, 0.29) is 11.2 Å². The molecular formula is C28H34FN3O3S. The number of hydrogen-bond donors (Lipinski definition) is 1. The van der Waals surface area contributed by atoms with E-state index in [0.29, 0.717) is 24.0 Å². The summed E-state index contributed by atoms with van der Waals surface area (Å²) < 4.78 is 45.5. The second-order valence-electron chi connectivity index (χ2n) is 10.8. The minimum absolute atomic E-state index is 0.264. The molecule has 192 valence electrons. The zero-order valence-electron chi connectivity index (χ0n) is 21.2. The maximum atomic E-state index is 13.9. The number of aryl methyl sites for hydroxylation is 1. The van der Waals surface area contributed by atoms with Crippen molar-refractivity contribution in [3.63, 3.8) is 0 Å². The van der Waals surface area contributed by atoms with E-state index in [1.165, 1.54) is 17.7 Å². The van der Waals surface area contributed by atoms with Crippen LogP contribution >= 0.6 is 0 Å². The highest BCUT2D eigenvalue weighted by Gasteiger charge is 2.32. The molecule has 0 amide bonds. The molecule has 0 unspecified atom stereocenters. The lowest BCUT2D eigenvalue weighted by atomic mass is 9.84. The largest absolute Gasteiger partial charge is 0.384 e. The molecule has 36 heavy (non-hydrogen) atoms. The van der Waals surface area contributed by atoms with E-state index >= 15 is 0 Å². The zero-order valence-corrected chi connectivity index (χ0v) is 22.0. The second kappa shape index (κ2) is 9.63. The van der Waals surface area contributed by atoms with Gasteiger partial charge in [-0.1, -0.05) is 20.3 Å². The average molecular weight is 512 g/mol. The molecule has 0 bridgehead atoms. The van der Waals surface area contributed by atoms with Gasteiger partial charge in [0.25, 0.3) is 0 Å². The number of aromatic amines is 1. The van der Waals surface area contributed by atoms with Crippen LogP contribution < -0.4 is 0 Å². The first-order valence-electron chi connectivity index (χ1n) is 12.6. The Bertz CT molecular complexity index is 1470. The molecule has 0 radical (unpaired) electrons. The number of ether oxygens (including phenoxy) is 1. The molecule has 4 aromatic rings. The molecule has 6 nitrogen and oxygen atoms in total. The third kappa shape index (κ3) is 4.81. The molecule has 1 fully saturated rings. The van der Waals surface area contributed by atoms with Gasteiger partial charge < -0.3 is 9.30 Å². The van der Waals surface area contributed by atoms with Gasteiger partial charge in [0.05, 0.1) is 35.3 Å². The van der Waals surface area contributed by atoms with Crippen molar-refractivity contribution in [1.29, 1.82) is 0 Å². The molecule has 5 rings (SSSR count). The van der Waals surface area contributed by atoms with E-state index in [2.05, 4.69) is 40.7 Å². The highest BCUT2D eigenvalue weighted by Crippen LogP contribution is 2.40. The van der Waals surface area contributed by atoms with Crippen LogP contribution in [0.3, 0.4) is 0 Å². The molecular weight excluding hydrogens is 477 g/mol. The summed E-state index contributed by atoms with van der Waals surface area (Å²) >= 11 is 0. The van der Waals surface area contributed by atoms with Crippen LogP contribution in [0, 0.1) is 11.7 Å². The predicted molar refractivity (Wildman–Crippen MR) is 142 cm³/mol. The number of nitrogens with zero attached hydrogens (tertiary/aromatic N) is 2. The smallest absolute Gasteiger partial charge is 0.150 e. The lowest BCUT2D eigenvalue weighted by Crippen LogP contribution is -2.28. The molecule has 0 atom stereocenters. The van der Waals surface area contributed by atoms with Gasteiger partial charge in [-0.3, -0.25) is 5.10 Å². The van der Waals surface area contributed by atoms with E-state index in [9.17, 15) is 12.8 Å². The van der Waals surface area contributed by atoms with Gasteiger partial charge in [-0.15, -0.1) is 0 Å². The Morgan fingerprint density at radius 3 is 2.58 bits per heavy atom. The van der Waals surface area contributed by atoms with Crippen LogP contribution in [0.15, 0.2) is 42.6 Å². The quantitative estimate of drug-likeness (QED) is 0.328. The van der Waals surface area contributed by atoms with Crippen molar-refractivity contribution >= 4 is 31.6 Å². The number of fused-ring (bicyclic) bond motifs is 2. The third-order valence-corrected chi connectivity index (χ3v) is 9.29. The molecule has 3 heterocycles. The molecule has 8 heteroatoms. The van der Waals surface area contributed by atoms with Crippen LogP contribution in [-0.4, -0.2) is 48.4 Å². The SMILES string of the molecule is COCC(C)(C)c1c(CCCC2CCS(=O)(=O)CC2)c2cc3[nH]ncc3cc2n1-c1ccc(F)cc1. The van der Waals surface area contributed by atoms with Gasteiger partial charge in [0.2, 0.25) is 0 Å². The van der Waals surface area contributed by atoms with E-state index in [1.54, 1.807) is 7.11 Å². The molecule has 1 saturated heterocycles. The van der Waals surface area contributed by atoms with E-state index in [0.717, 1.165) is 65.3 Å². The van der Waals surface area contributed by atoms with Crippen molar-refractivity contribution in [2.24, 2.45) is 5.92 Å². The summed E-state index contributed by atoms with van der Waals surface area (Å²) in [6, 6.07) is 11.0. The van der Waals surface area contributed by atoms with Crippen molar-refractivity contribution in [2.45, 2.75) is 51.4 Å². The molecule has 0 spiro atoms. The van der Waals surface area contributed by atoms with E-state index in [4.69, 9.17) is 4.74 Å². The summed E-state index contributed by atoms with van der Waals surface area (Å²) in [5.41, 5.74) is 5.07. The Hall–Kier alpha value is -2.71. The van der Waals surface area contributed by atoms with Crippen molar-refractivity contribution in [3.05, 3.63) is 59.7 Å². The van der Waals surface area contributed by atoms with Crippen LogP contribution in [0.2, 0.25) is 0 Å². The maximum absolute atomic E-state index is 13.9. The van der Waals surface area contributed by atoms with Gasteiger partial charge in [0.1, 0.15) is 15.7 Å². The maximum Gasteiger partial charge on any atom is 0.150 e. The van der Waals surface area contributed by atoms with Crippen molar-refractivity contribution in [3.8, 4) is 5.69 Å². The Labute approximate surface area is 211 Å². The zero-order chi connectivity index (χ0) is 25.5. The number of rotatable bonds is 8. The molecule has 0 aliphatic carbocycles. The lowest BCUT2D eigenvalue weighted by Gasteiger charge is -2.28. The number of benzene rings is 2. The fourth-order valence-corrected chi connectivity index (χ4v) is 7.42. The second-order valence-corrected chi connectivity index (χ2v) is 13.1. The first-order chi connectivity index (χ1) is 17.2. The summed E-state index contributed by atoms with van der Waals surface area (Å²) in [5, 5.41) is 9.51. The Balaban J connectivity index is 1.61. The van der Waals surface area contributed by atoms with Crippen LogP contribution in [0.4, 0.5) is 4.39 Å². The first-order valence-corrected chi connectivity index (χ1v) is 14.5. The number of halogens is 1. The van der Waals surface area contributed by atoms with Gasteiger partial charge >= 0.3 is 0 Å². The van der Waals surface area contributed by atoms with Crippen LogP contribution in [0.5, 0.6) is 0 Å². The predicted octanol–water partition coefficient (Wildman–Crippen LogP) is 5.72. The number of hydrogen-bond acceptors (Lipinski definition) is 4. The molecule has 0 saturated carbocycles. The average Bonchev–Trinajstić information content (AvgIpc) is 3.41. The summed E-state index contributed by atoms with van der Waals surface area (Å²) in [6.07, 6.45) is 6.20. The van der Waals surface area contributed by atoms with Gasteiger partial charge in [0, 0.05) is 34.7 Å². The molecule has 2 aromatic carbocycles. The van der Waals surface area contributed by atoms with E-state index < -0.39 is 9.84 Å². The minimum Gasteiger partial charge on any atom is -0.384 e. The molecule has 2 aromatic heterocycles. The third-order valence-electron chi connectivity index (χ3n) is 7.58. The molecule has 1 aliphatic rings. The van der Waals surface area contributed by atoms with Gasteiger partial charge in [-0.05, 0) is 73.6 Å². The normalized spacial score (nSPS) is 16.8. The van der Waals surface area contributed by atoms with Crippen molar-refractivity contribution in [2.75, 3.05) is 25.2 Å². The molecule has 1 aliphatic heterocycles. The van der Waals surface area contributed by atoms with E-state index in [1.807, 2.05) is 18.3 Å². The number of sulfone groups is 1. The highest BCUT2D eigenvalue weighted by molar-refractivity contribution is 7.91. The minimum atomic E-state index is -2.85. The Morgan fingerprint density at radius 2 is 1.89 bits per heavy atom. The lowest BCUT2D eigenvalue weighted by molar-refractivity contribution is 0.143. The van der Waals surface area contributed by atoms with Crippen LogP contribution in [0.25, 0.3) is 27.5 Å². The molecule has 1 N–H and O–H groups in total. The standard InChI is InChI=1S/C28H34FN3O3S/c1-28(2,18-35-3)27-23(6-4-5-19-11-13-36(33,34)14-12-19)24-16-25-20(17-30-31-25)15-26(24)32(27)22-9-7-21(29)8-10-22/h7-10,15-17,19H,4-6,11-14,18H2,1-3H3,(H,30,31). The summed E-state index contributed by atoms with van der Waals surface area (Å²) in [4.78, 5) is 0. The van der Waals surface area contributed by atoms with Gasteiger partial charge in [-0.2, -0.15) is 5.10 Å².